The summed E-state index contributed by atoms with van der Waals surface area (Å²) in [6.45, 7) is 0.751. The molecule has 0 spiro atoms. The van der Waals surface area contributed by atoms with Crippen LogP contribution < -0.4 is 4.74 Å². The molecule has 0 fully saturated rings. The molecule has 0 aliphatic rings. The fourth-order valence-corrected chi connectivity index (χ4v) is 4.56. The van der Waals surface area contributed by atoms with Crippen LogP contribution in [0, 0.1) is 0 Å². The van der Waals surface area contributed by atoms with Gasteiger partial charge in [0.2, 0.25) is 0 Å². The number of unbranched alkanes of at least 4 members (excludes halogenated alkanes) is 15. The summed E-state index contributed by atoms with van der Waals surface area (Å²) in [5.74, 6) is 1.95. The van der Waals surface area contributed by atoms with E-state index in [-0.39, 0.29) is 5.78 Å². The van der Waals surface area contributed by atoms with Gasteiger partial charge in [0, 0.05) is 11.1 Å². The van der Waals surface area contributed by atoms with Crippen molar-refractivity contribution in [1.82, 2.24) is 0 Å². The van der Waals surface area contributed by atoms with E-state index >= 15 is 0 Å². The number of hydrogen-bond acceptors (Lipinski definition) is 3. The number of carbonyl (C=O) groups is 1. The van der Waals surface area contributed by atoms with E-state index < -0.39 is 0 Å². The molecule has 0 atom stereocenters. The molecule has 0 radical (unpaired) electrons. The maximum absolute atomic E-state index is 12.4. The number of rotatable bonds is 21. The molecule has 0 aromatic heterocycles. The highest BCUT2D eigenvalue weighted by Crippen LogP contribution is 2.17. The Morgan fingerprint density at radius 1 is 0.529 bits per heavy atom. The fraction of sp³-hybridized carbons (Fsp3) is 0.581. The van der Waals surface area contributed by atoms with Crippen molar-refractivity contribution in [3.63, 3.8) is 0 Å². The predicted octanol–water partition coefficient (Wildman–Crippen LogP) is 9.47. The highest BCUT2D eigenvalue weighted by atomic mass is 32.1. The smallest absolute Gasteiger partial charge is 0.193 e. The van der Waals surface area contributed by atoms with E-state index in [1.807, 2.05) is 54.6 Å². The number of carbonyl (C=O) groups excluding carboxylic acids is 1. The van der Waals surface area contributed by atoms with Gasteiger partial charge in [-0.15, -0.1) is 0 Å². The summed E-state index contributed by atoms with van der Waals surface area (Å²) in [7, 11) is 0. The van der Waals surface area contributed by atoms with E-state index in [1.165, 1.54) is 96.3 Å². The average Bonchev–Trinajstić information content (AvgIpc) is 2.88. The van der Waals surface area contributed by atoms with Crippen molar-refractivity contribution in [1.29, 1.82) is 0 Å². The maximum Gasteiger partial charge on any atom is 0.193 e. The summed E-state index contributed by atoms with van der Waals surface area (Å²) in [6, 6.07) is 16.9. The van der Waals surface area contributed by atoms with Crippen molar-refractivity contribution in [2.24, 2.45) is 0 Å². The summed E-state index contributed by atoms with van der Waals surface area (Å²) in [5, 5.41) is 0. The largest absolute Gasteiger partial charge is 0.494 e. The first kappa shape index (κ1) is 28.5. The van der Waals surface area contributed by atoms with Gasteiger partial charge in [0.05, 0.1) is 6.61 Å². The van der Waals surface area contributed by atoms with Crippen LogP contribution in [0.5, 0.6) is 5.75 Å². The molecule has 0 N–H and O–H groups in total. The summed E-state index contributed by atoms with van der Waals surface area (Å²) in [4.78, 5) is 12.4. The fourth-order valence-electron chi connectivity index (χ4n) is 4.34. The lowest BCUT2D eigenvalue weighted by Crippen LogP contribution is -2.01. The maximum atomic E-state index is 12.4. The molecule has 0 amide bonds. The van der Waals surface area contributed by atoms with E-state index in [0.717, 1.165) is 30.1 Å². The van der Waals surface area contributed by atoms with Crippen molar-refractivity contribution >= 4 is 18.4 Å². The van der Waals surface area contributed by atoms with Gasteiger partial charge in [-0.2, -0.15) is 12.6 Å². The van der Waals surface area contributed by atoms with Gasteiger partial charge >= 0.3 is 0 Å². The zero-order valence-electron chi connectivity index (χ0n) is 21.2. The summed E-state index contributed by atoms with van der Waals surface area (Å²) in [5.41, 5.74) is 1.42. The number of hydrogen-bond donors (Lipinski definition) is 1. The van der Waals surface area contributed by atoms with Crippen LogP contribution in [0.25, 0.3) is 0 Å². The lowest BCUT2D eigenvalue weighted by Gasteiger charge is -2.07. The Bertz CT molecular complexity index is 742. The minimum Gasteiger partial charge on any atom is -0.494 e. The minimum atomic E-state index is 0.0539. The van der Waals surface area contributed by atoms with Crippen LogP contribution in [-0.4, -0.2) is 18.1 Å². The summed E-state index contributed by atoms with van der Waals surface area (Å²) < 4.78 is 5.86. The molecule has 188 valence electrons. The van der Waals surface area contributed by atoms with E-state index in [4.69, 9.17) is 4.74 Å². The quantitative estimate of drug-likeness (QED) is 0.109. The van der Waals surface area contributed by atoms with E-state index in [2.05, 4.69) is 12.6 Å². The molecule has 2 aromatic rings. The van der Waals surface area contributed by atoms with Gasteiger partial charge in [0.15, 0.2) is 5.78 Å². The van der Waals surface area contributed by atoms with Gasteiger partial charge in [-0.1, -0.05) is 120 Å². The molecule has 2 nitrogen and oxygen atoms in total. The Hall–Kier alpha value is -1.74. The molecule has 0 saturated carbocycles. The standard InChI is InChI=1S/C31H46O2S/c32-31(28-20-16-15-17-21-28)29-22-24-30(25-23-29)33-26-18-13-11-9-7-5-3-1-2-4-6-8-10-12-14-19-27-34/h15-17,20-25,34H,1-14,18-19,26-27H2. The number of benzene rings is 2. The topological polar surface area (TPSA) is 26.3 Å². The van der Waals surface area contributed by atoms with Crippen molar-refractivity contribution in [2.75, 3.05) is 12.4 Å². The average molecular weight is 483 g/mol. The molecular formula is C31H46O2S. The van der Waals surface area contributed by atoms with Crippen LogP contribution in [0.4, 0.5) is 0 Å². The zero-order valence-corrected chi connectivity index (χ0v) is 22.1. The molecular weight excluding hydrogens is 436 g/mol. The molecule has 34 heavy (non-hydrogen) atoms. The third-order valence-electron chi connectivity index (χ3n) is 6.47. The van der Waals surface area contributed by atoms with Crippen molar-refractivity contribution in [3.8, 4) is 5.75 Å². The van der Waals surface area contributed by atoms with Crippen LogP contribution in [0.1, 0.15) is 119 Å². The van der Waals surface area contributed by atoms with E-state index in [9.17, 15) is 4.79 Å². The molecule has 0 aliphatic carbocycles. The van der Waals surface area contributed by atoms with Crippen LogP contribution in [0.3, 0.4) is 0 Å². The normalized spacial score (nSPS) is 11.0. The highest BCUT2D eigenvalue weighted by molar-refractivity contribution is 7.80. The number of ether oxygens (including phenoxy) is 1. The van der Waals surface area contributed by atoms with Crippen LogP contribution in [0.2, 0.25) is 0 Å². The second-order valence-electron chi connectivity index (χ2n) is 9.45. The summed E-state index contributed by atoms with van der Waals surface area (Å²) >= 11 is 4.27. The molecule has 0 saturated heterocycles. The molecule has 0 heterocycles. The lowest BCUT2D eigenvalue weighted by atomic mass is 10.0. The van der Waals surface area contributed by atoms with Gasteiger partial charge in [-0.25, -0.2) is 0 Å². The SMILES string of the molecule is O=C(c1ccccc1)c1ccc(OCCCCCCCCCCCCCCCCCCS)cc1. The minimum absolute atomic E-state index is 0.0539. The molecule has 3 heteroatoms. The van der Waals surface area contributed by atoms with Gasteiger partial charge in [-0.05, 0) is 42.9 Å². The molecule has 2 aromatic carbocycles. The van der Waals surface area contributed by atoms with Crippen LogP contribution in [0.15, 0.2) is 54.6 Å². The highest BCUT2D eigenvalue weighted by Gasteiger charge is 2.08. The van der Waals surface area contributed by atoms with Gasteiger partial charge in [0.1, 0.15) is 5.75 Å². The third-order valence-corrected chi connectivity index (χ3v) is 6.79. The Morgan fingerprint density at radius 3 is 1.41 bits per heavy atom. The predicted molar refractivity (Wildman–Crippen MR) is 150 cm³/mol. The Kier molecular flexibility index (Phi) is 16.4. The number of ketones is 1. The van der Waals surface area contributed by atoms with E-state index in [0.29, 0.717) is 5.56 Å². The second-order valence-corrected chi connectivity index (χ2v) is 9.90. The first-order valence-electron chi connectivity index (χ1n) is 13.7. The van der Waals surface area contributed by atoms with Crippen LogP contribution in [-0.2, 0) is 0 Å². The van der Waals surface area contributed by atoms with Crippen molar-refractivity contribution < 1.29 is 9.53 Å². The number of thiol groups is 1. The first-order valence-corrected chi connectivity index (χ1v) is 14.4. The lowest BCUT2D eigenvalue weighted by molar-refractivity contribution is 0.103. The molecule has 0 bridgehead atoms. The Balaban J connectivity index is 1.37. The zero-order chi connectivity index (χ0) is 24.1. The Morgan fingerprint density at radius 2 is 0.941 bits per heavy atom. The van der Waals surface area contributed by atoms with Crippen molar-refractivity contribution in [2.45, 2.75) is 103 Å². The van der Waals surface area contributed by atoms with Crippen LogP contribution >= 0.6 is 12.6 Å². The van der Waals surface area contributed by atoms with Gasteiger partial charge < -0.3 is 4.74 Å². The van der Waals surface area contributed by atoms with E-state index in [1.54, 1.807) is 0 Å². The first-order chi connectivity index (χ1) is 16.8. The Labute approximate surface area is 214 Å². The monoisotopic (exact) mass is 482 g/mol. The molecule has 0 aliphatic heterocycles. The second kappa shape index (κ2) is 19.6. The van der Waals surface area contributed by atoms with Crippen molar-refractivity contribution in [3.05, 3.63) is 65.7 Å². The molecule has 2 rings (SSSR count). The summed E-state index contributed by atoms with van der Waals surface area (Å²) in [6.07, 6.45) is 21.8. The van der Waals surface area contributed by atoms with Gasteiger partial charge in [0.25, 0.3) is 0 Å². The molecule has 0 unspecified atom stereocenters. The third kappa shape index (κ3) is 13.2. The van der Waals surface area contributed by atoms with Gasteiger partial charge in [-0.3, -0.25) is 4.79 Å².